The van der Waals surface area contributed by atoms with Gasteiger partial charge >= 0.3 is 0 Å². The van der Waals surface area contributed by atoms with Crippen LogP contribution in [0.15, 0.2) is 24.3 Å². The molecule has 2 unspecified atom stereocenters. The molecule has 1 aromatic rings. The van der Waals surface area contributed by atoms with Crippen molar-refractivity contribution in [2.45, 2.75) is 24.6 Å². The van der Waals surface area contributed by atoms with Gasteiger partial charge in [-0.15, -0.1) is 0 Å². The molecule has 1 heterocycles. The first-order valence-corrected chi connectivity index (χ1v) is 8.51. The van der Waals surface area contributed by atoms with Gasteiger partial charge in [0.25, 0.3) is 0 Å². The van der Waals surface area contributed by atoms with Crippen LogP contribution in [-0.4, -0.2) is 29.6 Å². The quantitative estimate of drug-likeness (QED) is 0.898. The van der Waals surface area contributed by atoms with Crippen LogP contribution in [0.1, 0.15) is 24.1 Å². The van der Waals surface area contributed by atoms with Crippen molar-refractivity contribution in [3.8, 4) is 0 Å². The van der Waals surface area contributed by atoms with Gasteiger partial charge < -0.3 is 5.32 Å². The van der Waals surface area contributed by atoms with Gasteiger partial charge in [-0.2, -0.15) is 23.5 Å². The van der Waals surface area contributed by atoms with E-state index in [0.717, 1.165) is 6.42 Å². The van der Waals surface area contributed by atoms with Crippen molar-refractivity contribution in [3.05, 3.63) is 35.4 Å². The number of aryl methyl sites for hydroxylation is 1. The molecule has 1 saturated heterocycles. The van der Waals surface area contributed by atoms with E-state index < -0.39 is 0 Å². The van der Waals surface area contributed by atoms with E-state index in [1.165, 1.54) is 28.4 Å². The summed E-state index contributed by atoms with van der Waals surface area (Å²) in [6, 6.07) is 9.54. The molecular weight excluding hydrogens is 246 g/mol. The molecule has 1 N–H and O–H groups in total. The second kappa shape index (κ2) is 6.72. The molecular formula is C14H21NS2. The molecule has 94 valence electrons. The molecule has 1 aliphatic heterocycles. The van der Waals surface area contributed by atoms with E-state index in [0.29, 0.717) is 11.3 Å². The minimum atomic E-state index is 0.499. The molecule has 0 bridgehead atoms. The Morgan fingerprint density at radius 1 is 1.41 bits per heavy atom. The third-order valence-electron chi connectivity index (χ3n) is 3.24. The van der Waals surface area contributed by atoms with Crippen LogP contribution in [0.4, 0.5) is 0 Å². The fraction of sp³-hybridized carbons (Fsp3) is 0.571. The van der Waals surface area contributed by atoms with Crippen LogP contribution >= 0.6 is 23.5 Å². The number of benzene rings is 1. The largest absolute Gasteiger partial charge is 0.312 e. The summed E-state index contributed by atoms with van der Waals surface area (Å²) in [6.07, 6.45) is 1.12. The Morgan fingerprint density at radius 3 is 2.94 bits per heavy atom. The topological polar surface area (TPSA) is 12.0 Å². The zero-order valence-electron chi connectivity index (χ0n) is 10.6. The molecule has 17 heavy (non-hydrogen) atoms. The summed E-state index contributed by atoms with van der Waals surface area (Å²) in [5.74, 6) is 3.88. The first kappa shape index (κ1) is 13.3. The summed E-state index contributed by atoms with van der Waals surface area (Å²) in [7, 11) is 2.09. The van der Waals surface area contributed by atoms with Gasteiger partial charge in [0.15, 0.2) is 0 Å². The van der Waals surface area contributed by atoms with Crippen molar-refractivity contribution >= 4 is 23.5 Å². The van der Waals surface area contributed by atoms with Crippen LogP contribution in [0, 0.1) is 0 Å². The molecule has 2 rings (SSSR count). The smallest absolute Gasteiger partial charge is 0.0446 e. The second-order valence-corrected chi connectivity index (χ2v) is 6.85. The van der Waals surface area contributed by atoms with Crippen LogP contribution in [0.5, 0.6) is 0 Å². The van der Waals surface area contributed by atoms with E-state index in [1.807, 2.05) is 0 Å². The lowest BCUT2D eigenvalue weighted by Crippen LogP contribution is -2.31. The molecule has 1 aromatic carbocycles. The summed E-state index contributed by atoms with van der Waals surface area (Å²) < 4.78 is 0. The molecule has 0 saturated carbocycles. The van der Waals surface area contributed by atoms with Crippen LogP contribution in [0.25, 0.3) is 0 Å². The molecule has 0 amide bonds. The Labute approximate surface area is 113 Å². The highest BCUT2D eigenvalue weighted by Crippen LogP contribution is 2.33. The van der Waals surface area contributed by atoms with Crippen molar-refractivity contribution in [2.24, 2.45) is 0 Å². The van der Waals surface area contributed by atoms with Crippen molar-refractivity contribution in [1.82, 2.24) is 5.32 Å². The summed E-state index contributed by atoms with van der Waals surface area (Å²) in [5, 5.41) is 4.22. The van der Waals surface area contributed by atoms with Crippen LogP contribution in [-0.2, 0) is 6.42 Å². The molecule has 3 heteroatoms. The predicted molar refractivity (Wildman–Crippen MR) is 81.2 cm³/mol. The van der Waals surface area contributed by atoms with Crippen molar-refractivity contribution in [3.63, 3.8) is 0 Å². The Morgan fingerprint density at radius 2 is 2.29 bits per heavy atom. The number of rotatable bonds is 4. The Kier molecular flexibility index (Phi) is 5.26. The molecule has 2 atom stereocenters. The average Bonchev–Trinajstić information content (AvgIpc) is 2.41. The lowest BCUT2D eigenvalue weighted by atomic mass is 10.0. The average molecular weight is 267 g/mol. The molecule has 0 aliphatic carbocycles. The lowest BCUT2D eigenvalue weighted by Gasteiger charge is -2.29. The van der Waals surface area contributed by atoms with E-state index in [1.54, 1.807) is 0 Å². The molecule has 1 nitrogen and oxygen atoms in total. The SMILES string of the molecule is CCc1cccc(C(NC)C2CSCCS2)c1. The normalized spacial score (nSPS) is 22.4. The van der Waals surface area contributed by atoms with E-state index in [9.17, 15) is 0 Å². The van der Waals surface area contributed by atoms with Crippen molar-refractivity contribution in [1.29, 1.82) is 0 Å². The number of hydrogen-bond donors (Lipinski definition) is 1. The number of hydrogen-bond acceptors (Lipinski definition) is 3. The van der Waals surface area contributed by atoms with E-state index in [4.69, 9.17) is 0 Å². The number of thioether (sulfide) groups is 2. The zero-order chi connectivity index (χ0) is 12.1. The van der Waals surface area contributed by atoms with Crippen LogP contribution in [0.3, 0.4) is 0 Å². The highest BCUT2D eigenvalue weighted by Gasteiger charge is 2.24. The Hall–Kier alpha value is -0.120. The second-order valence-electron chi connectivity index (χ2n) is 4.35. The molecule has 0 spiro atoms. The summed E-state index contributed by atoms with van der Waals surface area (Å²) in [6.45, 7) is 2.22. The van der Waals surface area contributed by atoms with Gasteiger partial charge in [0.1, 0.15) is 0 Å². The fourth-order valence-corrected chi connectivity index (χ4v) is 5.18. The molecule has 1 aliphatic rings. The Bertz CT molecular complexity index is 348. The highest BCUT2D eigenvalue weighted by molar-refractivity contribution is 8.06. The summed E-state index contributed by atoms with van der Waals surface area (Å²) in [5.41, 5.74) is 2.89. The minimum Gasteiger partial charge on any atom is -0.312 e. The van der Waals surface area contributed by atoms with Crippen molar-refractivity contribution < 1.29 is 0 Å². The highest BCUT2D eigenvalue weighted by atomic mass is 32.2. The van der Waals surface area contributed by atoms with Crippen molar-refractivity contribution in [2.75, 3.05) is 24.3 Å². The van der Waals surface area contributed by atoms with Gasteiger partial charge in [0.2, 0.25) is 0 Å². The zero-order valence-corrected chi connectivity index (χ0v) is 12.2. The van der Waals surface area contributed by atoms with Gasteiger partial charge in [-0.1, -0.05) is 31.2 Å². The summed E-state index contributed by atoms with van der Waals surface area (Å²) in [4.78, 5) is 0. The minimum absolute atomic E-state index is 0.499. The molecule has 1 fully saturated rings. The monoisotopic (exact) mass is 267 g/mol. The first-order chi connectivity index (χ1) is 8.35. The van der Waals surface area contributed by atoms with Crippen LogP contribution in [0.2, 0.25) is 0 Å². The van der Waals surface area contributed by atoms with Crippen LogP contribution < -0.4 is 5.32 Å². The van der Waals surface area contributed by atoms with E-state index in [2.05, 4.69) is 67.1 Å². The molecule has 0 radical (unpaired) electrons. The van der Waals surface area contributed by atoms with Gasteiger partial charge in [-0.05, 0) is 24.6 Å². The maximum Gasteiger partial charge on any atom is 0.0446 e. The van der Waals surface area contributed by atoms with Gasteiger partial charge in [-0.3, -0.25) is 0 Å². The third kappa shape index (κ3) is 3.43. The van der Waals surface area contributed by atoms with Gasteiger partial charge in [-0.25, -0.2) is 0 Å². The fourth-order valence-electron chi connectivity index (χ4n) is 2.27. The molecule has 0 aromatic heterocycles. The van der Waals surface area contributed by atoms with Gasteiger partial charge in [0.05, 0.1) is 0 Å². The maximum atomic E-state index is 3.51. The van der Waals surface area contributed by atoms with Gasteiger partial charge in [0, 0.05) is 28.6 Å². The van der Waals surface area contributed by atoms with E-state index >= 15 is 0 Å². The summed E-state index contributed by atoms with van der Waals surface area (Å²) >= 11 is 4.21. The Balaban J connectivity index is 2.15. The number of nitrogens with one attached hydrogen (secondary N) is 1. The predicted octanol–water partition coefficient (Wildman–Crippen LogP) is 3.36. The maximum absolute atomic E-state index is 3.51. The lowest BCUT2D eigenvalue weighted by molar-refractivity contribution is 0.592. The standard InChI is InChI=1S/C14H21NS2/c1-3-11-5-4-6-12(9-11)14(15-2)13-10-16-7-8-17-13/h4-6,9,13-15H,3,7-8,10H2,1-2H3. The third-order valence-corrected chi connectivity index (χ3v) is 6.11. The van der Waals surface area contributed by atoms with E-state index in [-0.39, 0.29) is 0 Å². The first-order valence-electron chi connectivity index (χ1n) is 6.30.